The quantitative estimate of drug-likeness (QED) is 0.516. The van der Waals surface area contributed by atoms with Gasteiger partial charge in [0, 0.05) is 15.5 Å². The SMILES string of the molecule is CCOC(=O)Cc1cc(Br)c(NCC(O)CCl)c(Br)c1. The normalized spacial score (nSPS) is 12.1. The topological polar surface area (TPSA) is 58.6 Å². The fraction of sp³-hybridized carbons (Fsp3) is 0.462. The molecule has 0 radical (unpaired) electrons. The lowest BCUT2D eigenvalue weighted by molar-refractivity contribution is -0.142. The molecule has 0 fully saturated rings. The molecule has 0 aliphatic rings. The fourth-order valence-corrected chi connectivity index (χ4v) is 3.22. The van der Waals surface area contributed by atoms with Crippen LogP contribution in [0.5, 0.6) is 0 Å². The summed E-state index contributed by atoms with van der Waals surface area (Å²) >= 11 is 12.4. The Labute approximate surface area is 140 Å². The number of ether oxygens (including phenoxy) is 1. The Hall–Kier alpha value is -0.300. The Bertz CT molecular complexity index is 448. The minimum atomic E-state index is -0.616. The number of esters is 1. The van der Waals surface area contributed by atoms with Crippen molar-refractivity contribution < 1.29 is 14.6 Å². The molecule has 20 heavy (non-hydrogen) atoms. The zero-order chi connectivity index (χ0) is 15.1. The number of hydrogen-bond donors (Lipinski definition) is 2. The van der Waals surface area contributed by atoms with Crippen LogP contribution in [0, 0.1) is 0 Å². The van der Waals surface area contributed by atoms with Crippen molar-refractivity contribution in [1.29, 1.82) is 0 Å². The molecular weight excluding hydrogens is 413 g/mol. The first kappa shape index (κ1) is 17.8. The van der Waals surface area contributed by atoms with Gasteiger partial charge in [0.1, 0.15) is 0 Å². The highest BCUT2D eigenvalue weighted by Crippen LogP contribution is 2.32. The van der Waals surface area contributed by atoms with Crippen LogP contribution in [0.1, 0.15) is 12.5 Å². The van der Waals surface area contributed by atoms with E-state index in [4.69, 9.17) is 16.3 Å². The van der Waals surface area contributed by atoms with Crippen LogP contribution in [0.2, 0.25) is 0 Å². The zero-order valence-electron chi connectivity index (χ0n) is 11.0. The van der Waals surface area contributed by atoms with Crippen LogP contribution >= 0.6 is 43.5 Å². The number of anilines is 1. The number of rotatable bonds is 7. The van der Waals surface area contributed by atoms with Gasteiger partial charge in [0.05, 0.1) is 30.7 Å². The van der Waals surface area contributed by atoms with Crippen molar-refractivity contribution in [1.82, 2.24) is 0 Å². The monoisotopic (exact) mass is 427 g/mol. The van der Waals surface area contributed by atoms with Gasteiger partial charge in [-0.15, -0.1) is 11.6 Å². The second-order valence-corrected chi connectivity index (χ2v) is 6.12. The summed E-state index contributed by atoms with van der Waals surface area (Å²) in [5.41, 5.74) is 1.65. The molecule has 0 bridgehead atoms. The Balaban J connectivity index is 2.78. The molecule has 0 aromatic heterocycles. The number of benzene rings is 1. The first-order valence-corrected chi connectivity index (χ1v) is 8.21. The summed E-state index contributed by atoms with van der Waals surface area (Å²) < 4.78 is 6.51. The number of halogens is 3. The summed E-state index contributed by atoms with van der Waals surface area (Å²) in [6.07, 6.45) is -0.398. The predicted octanol–water partition coefficient (Wildman–Crippen LogP) is 3.33. The van der Waals surface area contributed by atoms with Crippen LogP contribution < -0.4 is 5.32 Å². The van der Waals surface area contributed by atoms with Gasteiger partial charge < -0.3 is 15.2 Å². The molecular formula is C13H16Br2ClNO3. The molecule has 0 amide bonds. The number of carbonyl (C=O) groups is 1. The van der Waals surface area contributed by atoms with Crippen molar-refractivity contribution in [3.05, 3.63) is 26.6 Å². The van der Waals surface area contributed by atoms with Gasteiger partial charge in [-0.05, 0) is 56.5 Å². The summed E-state index contributed by atoms with van der Waals surface area (Å²) in [7, 11) is 0. The molecule has 0 aliphatic carbocycles. The van der Waals surface area contributed by atoms with E-state index in [1.54, 1.807) is 6.92 Å². The number of aliphatic hydroxyl groups excluding tert-OH is 1. The average Bonchev–Trinajstić information content (AvgIpc) is 2.37. The fourth-order valence-electron chi connectivity index (χ4n) is 1.55. The van der Waals surface area contributed by atoms with Crippen LogP contribution in [0.15, 0.2) is 21.1 Å². The highest BCUT2D eigenvalue weighted by atomic mass is 79.9. The van der Waals surface area contributed by atoms with Crippen LogP contribution in [0.3, 0.4) is 0 Å². The van der Waals surface area contributed by atoms with E-state index in [1.807, 2.05) is 12.1 Å². The number of hydrogen-bond acceptors (Lipinski definition) is 4. The van der Waals surface area contributed by atoms with E-state index >= 15 is 0 Å². The Morgan fingerprint density at radius 2 is 2.05 bits per heavy atom. The first-order chi connectivity index (χ1) is 9.47. The van der Waals surface area contributed by atoms with Gasteiger partial charge in [-0.1, -0.05) is 0 Å². The van der Waals surface area contributed by atoms with E-state index in [-0.39, 0.29) is 18.3 Å². The maximum Gasteiger partial charge on any atom is 0.310 e. The molecule has 0 heterocycles. The van der Waals surface area contributed by atoms with Crippen molar-refractivity contribution in [3.8, 4) is 0 Å². The number of carbonyl (C=O) groups excluding carboxylic acids is 1. The van der Waals surface area contributed by atoms with Gasteiger partial charge in [-0.25, -0.2) is 0 Å². The summed E-state index contributed by atoms with van der Waals surface area (Å²) in [5, 5.41) is 12.5. The minimum Gasteiger partial charge on any atom is -0.466 e. The van der Waals surface area contributed by atoms with Gasteiger partial charge in [-0.2, -0.15) is 0 Å². The molecule has 1 unspecified atom stereocenters. The second kappa shape index (κ2) is 8.87. The minimum absolute atomic E-state index is 0.170. The zero-order valence-corrected chi connectivity index (χ0v) is 14.9. The molecule has 0 spiro atoms. The highest BCUT2D eigenvalue weighted by molar-refractivity contribution is 9.11. The van der Waals surface area contributed by atoms with E-state index < -0.39 is 6.10 Å². The molecule has 4 nitrogen and oxygen atoms in total. The third kappa shape index (κ3) is 5.60. The Morgan fingerprint density at radius 1 is 1.45 bits per heavy atom. The van der Waals surface area contributed by atoms with Crippen LogP contribution in [0.25, 0.3) is 0 Å². The third-order valence-electron chi connectivity index (χ3n) is 2.45. The lowest BCUT2D eigenvalue weighted by Gasteiger charge is -2.14. The van der Waals surface area contributed by atoms with E-state index in [0.717, 1.165) is 20.2 Å². The lowest BCUT2D eigenvalue weighted by Crippen LogP contribution is -2.21. The average molecular weight is 430 g/mol. The number of nitrogens with one attached hydrogen (secondary N) is 1. The Morgan fingerprint density at radius 3 is 2.55 bits per heavy atom. The summed E-state index contributed by atoms with van der Waals surface area (Å²) in [4.78, 5) is 11.5. The smallest absolute Gasteiger partial charge is 0.310 e. The molecule has 0 aliphatic heterocycles. The van der Waals surface area contributed by atoms with Crippen LogP contribution in [-0.4, -0.2) is 36.2 Å². The molecule has 7 heteroatoms. The molecule has 0 saturated heterocycles. The van der Waals surface area contributed by atoms with E-state index in [1.165, 1.54) is 0 Å². The summed E-state index contributed by atoms with van der Waals surface area (Å²) in [5.74, 6) is -0.0898. The van der Waals surface area contributed by atoms with Crippen LogP contribution in [0.4, 0.5) is 5.69 Å². The van der Waals surface area contributed by atoms with Gasteiger partial charge in [0.2, 0.25) is 0 Å². The molecule has 1 aromatic rings. The summed E-state index contributed by atoms with van der Waals surface area (Å²) in [6.45, 7) is 2.49. The van der Waals surface area contributed by atoms with Crippen molar-refractivity contribution in [3.63, 3.8) is 0 Å². The van der Waals surface area contributed by atoms with E-state index in [2.05, 4.69) is 37.2 Å². The maximum atomic E-state index is 11.5. The van der Waals surface area contributed by atoms with Crippen molar-refractivity contribution >= 4 is 55.1 Å². The van der Waals surface area contributed by atoms with Crippen molar-refractivity contribution in [2.75, 3.05) is 24.3 Å². The molecule has 1 atom stereocenters. The number of alkyl halides is 1. The highest BCUT2D eigenvalue weighted by Gasteiger charge is 2.12. The summed E-state index contributed by atoms with van der Waals surface area (Å²) in [6, 6.07) is 3.69. The second-order valence-electron chi connectivity index (χ2n) is 4.11. The lowest BCUT2D eigenvalue weighted by atomic mass is 10.1. The Kier molecular flexibility index (Phi) is 7.87. The van der Waals surface area contributed by atoms with Gasteiger partial charge in [-0.3, -0.25) is 4.79 Å². The molecule has 2 N–H and O–H groups in total. The van der Waals surface area contributed by atoms with Gasteiger partial charge in [0.25, 0.3) is 0 Å². The van der Waals surface area contributed by atoms with Gasteiger partial charge >= 0.3 is 5.97 Å². The molecule has 1 rings (SSSR count). The largest absolute Gasteiger partial charge is 0.466 e. The van der Waals surface area contributed by atoms with Gasteiger partial charge in [0.15, 0.2) is 0 Å². The van der Waals surface area contributed by atoms with Crippen LogP contribution in [-0.2, 0) is 16.0 Å². The third-order valence-corrected chi connectivity index (χ3v) is 4.06. The maximum absolute atomic E-state index is 11.5. The molecule has 0 saturated carbocycles. The number of aliphatic hydroxyl groups is 1. The first-order valence-electron chi connectivity index (χ1n) is 6.09. The van der Waals surface area contributed by atoms with Crippen molar-refractivity contribution in [2.45, 2.75) is 19.4 Å². The molecule has 112 valence electrons. The molecule has 1 aromatic carbocycles. The standard InChI is InChI=1S/C13H16Br2ClNO3/c1-2-20-12(19)5-8-3-10(14)13(11(15)4-8)17-7-9(18)6-16/h3-4,9,17-18H,2,5-7H2,1H3. The van der Waals surface area contributed by atoms with E-state index in [0.29, 0.717) is 13.2 Å². The van der Waals surface area contributed by atoms with Crippen molar-refractivity contribution in [2.24, 2.45) is 0 Å². The van der Waals surface area contributed by atoms with E-state index in [9.17, 15) is 9.90 Å². The predicted molar refractivity (Wildman–Crippen MR) is 87.4 cm³/mol.